The molecule has 2 heterocycles. The molecule has 17 heavy (non-hydrogen) atoms. The quantitative estimate of drug-likeness (QED) is 0.859. The normalized spacial score (nSPS) is 10.1. The summed E-state index contributed by atoms with van der Waals surface area (Å²) < 4.78 is 5.24. The second kappa shape index (κ2) is 5.23. The summed E-state index contributed by atoms with van der Waals surface area (Å²) in [5, 5.41) is 11.8. The topological polar surface area (TPSA) is 74.7 Å². The van der Waals surface area contributed by atoms with Crippen LogP contribution in [0.25, 0.3) is 0 Å². The first-order valence-corrected chi connectivity index (χ1v) is 5.26. The number of nitriles is 1. The van der Waals surface area contributed by atoms with Crippen molar-refractivity contribution in [3.63, 3.8) is 0 Å². The standard InChI is InChI=1S/C12H12N4O/c1-9-15-5-4-10(16-9)7-14-8-12-3-2-11(6-13)17-12/h2-5,14H,7-8H2,1H3. The van der Waals surface area contributed by atoms with Gasteiger partial charge in [0.15, 0.2) is 0 Å². The molecule has 86 valence electrons. The molecule has 0 saturated carbocycles. The first-order chi connectivity index (χ1) is 8.28. The van der Waals surface area contributed by atoms with E-state index in [1.807, 2.05) is 19.1 Å². The van der Waals surface area contributed by atoms with Crippen LogP contribution >= 0.6 is 0 Å². The highest BCUT2D eigenvalue weighted by Crippen LogP contribution is 2.06. The number of aryl methyl sites for hydroxylation is 1. The molecular formula is C12H12N4O. The summed E-state index contributed by atoms with van der Waals surface area (Å²) in [5.41, 5.74) is 0.935. The Morgan fingerprint density at radius 1 is 1.35 bits per heavy atom. The van der Waals surface area contributed by atoms with Gasteiger partial charge in [0.1, 0.15) is 17.7 Å². The Kier molecular flexibility index (Phi) is 3.48. The van der Waals surface area contributed by atoms with Gasteiger partial charge in [-0.3, -0.25) is 0 Å². The van der Waals surface area contributed by atoms with Crippen molar-refractivity contribution in [1.29, 1.82) is 5.26 Å². The average Bonchev–Trinajstić information content (AvgIpc) is 2.77. The number of furan rings is 1. The fraction of sp³-hybridized carbons (Fsp3) is 0.250. The third kappa shape index (κ3) is 3.13. The van der Waals surface area contributed by atoms with Gasteiger partial charge < -0.3 is 9.73 Å². The summed E-state index contributed by atoms with van der Waals surface area (Å²) in [5.74, 6) is 1.83. The molecule has 1 N–H and O–H groups in total. The highest BCUT2D eigenvalue weighted by atomic mass is 16.3. The van der Waals surface area contributed by atoms with E-state index >= 15 is 0 Å². The molecule has 0 atom stereocenters. The van der Waals surface area contributed by atoms with Crippen LogP contribution in [0.3, 0.4) is 0 Å². The molecule has 5 nitrogen and oxygen atoms in total. The molecule has 0 unspecified atom stereocenters. The van der Waals surface area contributed by atoms with Crippen LogP contribution in [0.2, 0.25) is 0 Å². The van der Waals surface area contributed by atoms with Crippen molar-refractivity contribution in [2.75, 3.05) is 0 Å². The maximum atomic E-state index is 8.60. The number of hydrogen-bond donors (Lipinski definition) is 1. The Balaban J connectivity index is 1.85. The van der Waals surface area contributed by atoms with E-state index in [0.717, 1.165) is 17.3 Å². The van der Waals surface area contributed by atoms with Crippen molar-refractivity contribution in [2.45, 2.75) is 20.0 Å². The van der Waals surface area contributed by atoms with Crippen LogP contribution in [-0.4, -0.2) is 9.97 Å². The fourth-order valence-electron chi connectivity index (χ4n) is 1.45. The van der Waals surface area contributed by atoms with Crippen LogP contribution < -0.4 is 5.32 Å². The van der Waals surface area contributed by atoms with Gasteiger partial charge >= 0.3 is 0 Å². The number of hydrogen-bond acceptors (Lipinski definition) is 5. The zero-order chi connectivity index (χ0) is 12.1. The summed E-state index contributed by atoms with van der Waals surface area (Å²) in [4.78, 5) is 8.30. The first kappa shape index (κ1) is 11.3. The lowest BCUT2D eigenvalue weighted by Gasteiger charge is -2.02. The summed E-state index contributed by atoms with van der Waals surface area (Å²) in [6, 6.07) is 7.26. The van der Waals surface area contributed by atoms with Crippen LogP contribution in [0.4, 0.5) is 0 Å². The van der Waals surface area contributed by atoms with Crippen molar-refractivity contribution in [3.8, 4) is 6.07 Å². The van der Waals surface area contributed by atoms with Gasteiger partial charge in [-0.1, -0.05) is 0 Å². The lowest BCUT2D eigenvalue weighted by atomic mass is 10.3. The minimum atomic E-state index is 0.333. The monoisotopic (exact) mass is 228 g/mol. The highest BCUT2D eigenvalue weighted by molar-refractivity contribution is 5.19. The Morgan fingerprint density at radius 3 is 2.94 bits per heavy atom. The molecule has 5 heteroatoms. The van der Waals surface area contributed by atoms with E-state index in [4.69, 9.17) is 9.68 Å². The van der Waals surface area contributed by atoms with Gasteiger partial charge in [0.05, 0.1) is 12.2 Å². The van der Waals surface area contributed by atoms with Crippen LogP contribution in [0, 0.1) is 18.3 Å². The Morgan fingerprint density at radius 2 is 2.24 bits per heavy atom. The van der Waals surface area contributed by atoms with Gasteiger partial charge in [-0.25, -0.2) is 9.97 Å². The van der Waals surface area contributed by atoms with Gasteiger partial charge in [0, 0.05) is 12.7 Å². The minimum absolute atomic E-state index is 0.333. The number of aromatic nitrogens is 2. The summed E-state index contributed by atoms with van der Waals surface area (Å²) in [6.45, 7) is 3.08. The molecule has 0 fully saturated rings. The van der Waals surface area contributed by atoms with Crippen molar-refractivity contribution in [3.05, 3.63) is 47.4 Å². The van der Waals surface area contributed by atoms with Crippen molar-refractivity contribution >= 4 is 0 Å². The number of rotatable bonds is 4. The largest absolute Gasteiger partial charge is 0.449 e. The fourth-order valence-corrected chi connectivity index (χ4v) is 1.45. The summed E-state index contributed by atoms with van der Waals surface area (Å²) in [7, 11) is 0. The zero-order valence-electron chi connectivity index (χ0n) is 9.47. The van der Waals surface area contributed by atoms with Crippen molar-refractivity contribution in [2.24, 2.45) is 0 Å². The maximum absolute atomic E-state index is 8.60. The molecule has 0 bridgehead atoms. The van der Waals surface area contributed by atoms with E-state index in [-0.39, 0.29) is 0 Å². The third-order valence-corrected chi connectivity index (χ3v) is 2.21. The molecule has 2 rings (SSSR count). The Labute approximate surface area is 99.1 Å². The first-order valence-electron chi connectivity index (χ1n) is 5.26. The minimum Gasteiger partial charge on any atom is -0.449 e. The second-order valence-electron chi connectivity index (χ2n) is 3.58. The van der Waals surface area contributed by atoms with Gasteiger partial charge in [-0.05, 0) is 25.1 Å². The molecule has 0 aliphatic rings. The number of nitrogens with one attached hydrogen (secondary N) is 1. The summed E-state index contributed by atoms with van der Waals surface area (Å²) >= 11 is 0. The predicted octanol–water partition coefficient (Wildman–Crippen LogP) is 1.54. The van der Waals surface area contributed by atoms with Gasteiger partial charge in [0.2, 0.25) is 5.76 Å². The zero-order valence-corrected chi connectivity index (χ0v) is 9.47. The highest BCUT2D eigenvalue weighted by Gasteiger charge is 2.01. The van der Waals surface area contributed by atoms with Crippen LogP contribution in [0.5, 0.6) is 0 Å². The van der Waals surface area contributed by atoms with Gasteiger partial charge in [0.25, 0.3) is 0 Å². The smallest absolute Gasteiger partial charge is 0.203 e. The van der Waals surface area contributed by atoms with E-state index in [0.29, 0.717) is 18.8 Å². The second-order valence-corrected chi connectivity index (χ2v) is 3.58. The van der Waals surface area contributed by atoms with Crippen LogP contribution in [-0.2, 0) is 13.1 Å². The van der Waals surface area contributed by atoms with Gasteiger partial charge in [-0.2, -0.15) is 5.26 Å². The molecule has 0 amide bonds. The molecule has 0 spiro atoms. The molecule has 0 aliphatic carbocycles. The summed E-state index contributed by atoms with van der Waals surface area (Å²) in [6.07, 6.45) is 1.74. The molecule has 0 aromatic carbocycles. The third-order valence-electron chi connectivity index (χ3n) is 2.21. The van der Waals surface area contributed by atoms with Crippen LogP contribution in [0.1, 0.15) is 23.0 Å². The Hall–Kier alpha value is -2.19. The van der Waals surface area contributed by atoms with E-state index in [1.54, 1.807) is 18.3 Å². The molecular weight excluding hydrogens is 216 g/mol. The van der Waals surface area contributed by atoms with Crippen molar-refractivity contribution in [1.82, 2.24) is 15.3 Å². The average molecular weight is 228 g/mol. The lowest BCUT2D eigenvalue weighted by molar-refractivity contribution is 0.472. The van der Waals surface area contributed by atoms with E-state index in [2.05, 4.69) is 15.3 Å². The van der Waals surface area contributed by atoms with Crippen molar-refractivity contribution < 1.29 is 4.42 Å². The van der Waals surface area contributed by atoms with E-state index < -0.39 is 0 Å². The molecule has 2 aromatic rings. The molecule has 0 aliphatic heterocycles. The lowest BCUT2D eigenvalue weighted by Crippen LogP contribution is -2.13. The Bertz CT molecular complexity index is 541. The SMILES string of the molecule is Cc1nccc(CNCc2ccc(C#N)o2)n1. The molecule has 0 radical (unpaired) electrons. The molecule has 2 aromatic heterocycles. The maximum Gasteiger partial charge on any atom is 0.203 e. The van der Waals surface area contributed by atoms with E-state index in [9.17, 15) is 0 Å². The van der Waals surface area contributed by atoms with E-state index in [1.165, 1.54) is 0 Å². The predicted molar refractivity (Wildman–Crippen MR) is 60.7 cm³/mol. The van der Waals surface area contributed by atoms with Gasteiger partial charge in [-0.15, -0.1) is 0 Å². The molecule has 0 saturated heterocycles. The van der Waals surface area contributed by atoms with Crippen LogP contribution in [0.15, 0.2) is 28.8 Å². The number of nitrogens with zero attached hydrogens (tertiary/aromatic N) is 3.